The highest BCUT2D eigenvalue weighted by Gasteiger charge is 2.53. The van der Waals surface area contributed by atoms with Crippen LogP contribution in [0.4, 0.5) is 0 Å². The highest BCUT2D eigenvalue weighted by atomic mass is 16.3. The van der Waals surface area contributed by atoms with Crippen molar-refractivity contribution in [3.63, 3.8) is 0 Å². The van der Waals surface area contributed by atoms with Gasteiger partial charge in [0.05, 0.1) is 29.9 Å². The van der Waals surface area contributed by atoms with E-state index in [0.29, 0.717) is 24.6 Å². The summed E-state index contributed by atoms with van der Waals surface area (Å²) in [6, 6.07) is 13.3. The molecule has 1 saturated heterocycles. The highest BCUT2D eigenvalue weighted by molar-refractivity contribution is 6.07. The van der Waals surface area contributed by atoms with Crippen molar-refractivity contribution in [2.45, 2.75) is 18.4 Å². The first-order chi connectivity index (χ1) is 12.6. The summed E-state index contributed by atoms with van der Waals surface area (Å²) in [7, 11) is 0. The Morgan fingerprint density at radius 3 is 2.58 bits per heavy atom. The molecule has 0 unspecified atom stereocenters. The molecule has 26 heavy (non-hydrogen) atoms. The zero-order chi connectivity index (χ0) is 17.7. The van der Waals surface area contributed by atoms with Crippen LogP contribution in [-0.2, 0) is 0 Å². The standard InChI is InChI=1S/C21H19N3O2/c25-20(24-12-21(26,13-24)15-5-6-15)17-11-19(14-7-9-22-10-8-14)23-18-4-2-1-3-16(17)18/h1-4,7-11,15,26H,5-6,12-13H2. The maximum atomic E-state index is 13.1. The molecule has 2 aromatic heterocycles. The molecule has 1 saturated carbocycles. The quantitative estimate of drug-likeness (QED) is 0.793. The fraction of sp³-hybridized carbons (Fsp3) is 0.286. The van der Waals surface area contributed by atoms with Crippen molar-refractivity contribution >= 4 is 16.8 Å². The van der Waals surface area contributed by atoms with Gasteiger partial charge in [-0.2, -0.15) is 0 Å². The fourth-order valence-corrected chi connectivity index (χ4v) is 3.83. The molecule has 5 nitrogen and oxygen atoms in total. The Kier molecular flexibility index (Phi) is 3.34. The van der Waals surface area contributed by atoms with E-state index >= 15 is 0 Å². The van der Waals surface area contributed by atoms with E-state index in [0.717, 1.165) is 35.0 Å². The van der Waals surface area contributed by atoms with Gasteiger partial charge in [0.1, 0.15) is 5.60 Å². The van der Waals surface area contributed by atoms with Crippen LogP contribution in [0.15, 0.2) is 54.9 Å². The Hall–Kier alpha value is -2.79. The summed E-state index contributed by atoms with van der Waals surface area (Å²) in [6.07, 6.45) is 5.59. The molecule has 1 N–H and O–H groups in total. The number of para-hydroxylation sites is 1. The lowest BCUT2D eigenvalue weighted by Crippen LogP contribution is -2.64. The zero-order valence-corrected chi connectivity index (χ0v) is 14.3. The molecule has 1 aliphatic heterocycles. The number of carbonyl (C=O) groups is 1. The van der Waals surface area contributed by atoms with Crippen molar-refractivity contribution in [3.05, 3.63) is 60.4 Å². The SMILES string of the molecule is O=C(c1cc(-c2ccncc2)nc2ccccc12)N1CC(O)(C2CC2)C1. The van der Waals surface area contributed by atoms with Crippen molar-refractivity contribution in [2.75, 3.05) is 13.1 Å². The van der Waals surface area contributed by atoms with E-state index in [1.54, 1.807) is 17.3 Å². The number of β-amino-alcohol motifs (C(OH)–C–C–N with tert-alkyl or cyclic N) is 1. The number of benzene rings is 1. The van der Waals surface area contributed by atoms with Crippen LogP contribution >= 0.6 is 0 Å². The van der Waals surface area contributed by atoms with Crippen molar-refractivity contribution in [1.82, 2.24) is 14.9 Å². The summed E-state index contributed by atoms with van der Waals surface area (Å²) >= 11 is 0. The lowest BCUT2D eigenvalue weighted by molar-refractivity contribution is -0.0957. The van der Waals surface area contributed by atoms with Gasteiger partial charge in [-0.3, -0.25) is 9.78 Å². The average molecular weight is 345 g/mol. The molecular weight excluding hydrogens is 326 g/mol. The minimum Gasteiger partial charge on any atom is -0.386 e. The van der Waals surface area contributed by atoms with Gasteiger partial charge in [0, 0.05) is 23.3 Å². The number of amides is 1. The van der Waals surface area contributed by atoms with Gasteiger partial charge in [-0.25, -0.2) is 4.98 Å². The first-order valence-corrected chi connectivity index (χ1v) is 8.96. The first-order valence-electron chi connectivity index (χ1n) is 8.96. The Bertz CT molecular complexity index is 993. The summed E-state index contributed by atoms with van der Waals surface area (Å²) in [5.41, 5.74) is 2.45. The maximum Gasteiger partial charge on any atom is 0.254 e. The van der Waals surface area contributed by atoms with Crippen molar-refractivity contribution in [2.24, 2.45) is 5.92 Å². The average Bonchev–Trinajstić information content (AvgIpc) is 3.50. The second kappa shape index (κ2) is 5.61. The molecule has 0 radical (unpaired) electrons. The third-order valence-corrected chi connectivity index (χ3v) is 5.48. The van der Waals surface area contributed by atoms with E-state index in [9.17, 15) is 9.90 Å². The predicted octanol–water partition coefficient (Wildman–Crippen LogP) is 2.89. The molecule has 2 fully saturated rings. The van der Waals surface area contributed by atoms with E-state index in [1.165, 1.54) is 0 Å². The molecule has 0 spiro atoms. The second-order valence-electron chi connectivity index (χ2n) is 7.35. The third kappa shape index (κ3) is 2.47. The molecule has 0 atom stereocenters. The van der Waals surface area contributed by atoms with Gasteiger partial charge in [-0.15, -0.1) is 0 Å². The van der Waals surface area contributed by atoms with Gasteiger partial charge in [0.15, 0.2) is 0 Å². The maximum absolute atomic E-state index is 13.1. The van der Waals surface area contributed by atoms with Crippen LogP contribution in [0.3, 0.4) is 0 Å². The van der Waals surface area contributed by atoms with E-state index in [2.05, 4.69) is 4.98 Å². The number of aliphatic hydroxyl groups is 1. The number of carbonyl (C=O) groups excluding carboxylic acids is 1. The lowest BCUT2D eigenvalue weighted by Gasteiger charge is -2.47. The van der Waals surface area contributed by atoms with Crippen LogP contribution in [0.2, 0.25) is 0 Å². The molecule has 0 bridgehead atoms. The number of fused-ring (bicyclic) bond motifs is 1. The summed E-state index contributed by atoms with van der Waals surface area (Å²) in [4.78, 5) is 23.6. The van der Waals surface area contributed by atoms with Gasteiger partial charge in [-0.05, 0) is 43.0 Å². The van der Waals surface area contributed by atoms with Crippen LogP contribution in [-0.4, -0.2) is 44.6 Å². The lowest BCUT2D eigenvalue weighted by atomic mass is 9.88. The number of hydrogen-bond acceptors (Lipinski definition) is 4. The highest BCUT2D eigenvalue weighted by Crippen LogP contribution is 2.45. The largest absolute Gasteiger partial charge is 0.386 e. The van der Waals surface area contributed by atoms with Crippen LogP contribution in [0.1, 0.15) is 23.2 Å². The smallest absolute Gasteiger partial charge is 0.254 e. The van der Waals surface area contributed by atoms with Gasteiger partial charge < -0.3 is 10.0 Å². The van der Waals surface area contributed by atoms with E-state index in [-0.39, 0.29) is 5.91 Å². The van der Waals surface area contributed by atoms with Crippen molar-refractivity contribution < 1.29 is 9.90 Å². The summed E-state index contributed by atoms with van der Waals surface area (Å²) in [5, 5.41) is 11.4. The predicted molar refractivity (Wildman–Crippen MR) is 98.6 cm³/mol. The van der Waals surface area contributed by atoms with E-state index < -0.39 is 5.60 Å². The molecule has 130 valence electrons. The Labute approximate surface area is 151 Å². The van der Waals surface area contributed by atoms with Gasteiger partial charge in [0.25, 0.3) is 5.91 Å². The first kappa shape index (κ1) is 15.5. The normalized spacial score (nSPS) is 18.6. The number of aromatic nitrogens is 2. The molecule has 1 amide bonds. The number of nitrogens with zero attached hydrogens (tertiary/aromatic N) is 3. The monoisotopic (exact) mass is 345 g/mol. The third-order valence-electron chi connectivity index (χ3n) is 5.48. The number of rotatable bonds is 3. The minimum atomic E-state index is -0.674. The summed E-state index contributed by atoms with van der Waals surface area (Å²) < 4.78 is 0. The van der Waals surface area contributed by atoms with Crippen molar-refractivity contribution in [3.8, 4) is 11.3 Å². The topological polar surface area (TPSA) is 66.3 Å². The Morgan fingerprint density at radius 2 is 1.85 bits per heavy atom. The van der Waals surface area contributed by atoms with Crippen molar-refractivity contribution in [1.29, 1.82) is 0 Å². The minimum absolute atomic E-state index is 0.0377. The molecule has 5 heteroatoms. The molecule has 3 heterocycles. The number of pyridine rings is 2. The van der Waals surface area contributed by atoms with Gasteiger partial charge in [-0.1, -0.05) is 18.2 Å². The molecule has 5 rings (SSSR count). The van der Waals surface area contributed by atoms with Gasteiger partial charge >= 0.3 is 0 Å². The Balaban J connectivity index is 1.55. The summed E-state index contributed by atoms with van der Waals surface area (Å²) in [5.74, 6) is 0.331. The molecular formula is C21H19N3O2. The van der Waals surface area contributed by atoms with Crippen LogP contribution in [0.5, 0.6) is 0 Å². The van der Waals surface area contributed by atoms with Crippen LogP contribution in [0, 0.1) is 5.92 Å². The van der Waals surface area contributed by atoms with Crippen LogP contribution < -0.4 is 0 Å². The van der Waals surface area contributed by atoms with Crippen LogP contribution in [0.25, 0.3) is 22.2 Å². The molecule has 1 aliphatic carbocycles. The molecule has 1 aromatic carbocycles. The molecule has 2 aliphatic rings. The number of hydrogen-bond donors (Lipinski definition) is 1. The van der Waals surface area contributed by atoms with E-state index in [4.69, 9.17) is 4.98 Å². The zero-order valence-electron chi connectivity index (χ0n) is 14.3. The fourth-order valence-electron chi connectivity index (χ4n) is 3.83. The Morgan fingerprint density at radius 1 is 1.12 bits per heavy atom. The summed E-state index contributed by atoms with van der Waals surface area (Å²) in [6.45, 7) is 0.857. The van der Waals surface area contributed by atoms with E-state index in [1.807, 2.05) is 42.5 Å². The van der Waals surface area contributed by atoms with Gasteiger partial charge in [0.2, 0.25) is 0 Å². The molecule has 3 aromatic rings. The number of likely N-dealkylation sites (tertiary alicyclic amines) is 1. The second-order valence-corrected chi connectivity index (χ2v) is 7.35.